The smallest absolute Gasteiger partial charge is 0.240 e. The van der Waals surface area contributed by atoms with E-state index >= 15 is 0 Å². The first-order valence-electron chi connectivity index (χ1n) is 6.46. The van der Waals surface area contributed by atoms with Crippen LogP contribution in [0.3, 0.4) is 0 Å². The number of nitriles is 1. The predicted molar refractivity (Wildman–Crippen MR) is 82.6 cm³/mol. The average Bonchev–Trinajstić information content (AvgIpc) is 2.87. The van der Waals surface area contributed by atoms with E-state index in [1.807, 2.05) is 6.07 Å². The third kappa shape index (κ3) is 3.65. The predicted octanol–water partition coefficient (Wildman–Crippen LogP) is 3.47. The summed E-state index contributed by atoms with van der Waals surface area (Å²) in [7, 11) is 0. The van der Waals surface area contributed by atoms with Crippen LogP contribution in [-0.4, -0.2) is 18.0 Å². The lowest BCUT2D eigenvalue weighted by Gasteiger charge is -2.22. The fraction of sp³-hybridized carbons (Fsp3) is 0.429. The Balaban J connectivity index is 1.91. The second-order valence-corrected chi connectivity index (χ2v) is 6.25. The van der Waals surface area contributed by atoms with Crippen LogP contribution in [0.25, 0.3) is 0 Å². The Morgan fingerprint density at radius 1 is 1.45 bits per heavy atom. The highest BCUT2D eigenvalue weighted by atomic mass is 79.9. The molecule has 6 heteroatoms. The SMILES string of the molecule is N#CC1(NC(=O)CNc2ccc(Br)cc2Cl)CCCC1. The number of carbonyl (C=O) groups is 1. The Labute approximate surface area is 131 Å². The average molecular weight is 357 g/mol. The molecule has 1 aromatic rings. The zero-order valence-electron chi connectivity index (χ0n) is 10.9. The normalized spacial score (nSPS) is 16.4. The number of amides is 1. The quantitative estimate of drug-likeness (QED) is 0.868. The fourth-order valence-corrected chi connectivity index (χ4v) is 3.10. The summed E-state index contributed by atoms with van der Waals surface area (Å²) in [4.78, 5) is 11.9. The highest BCUT2D eigenvalue weighted by molar-refractivity contribution is 9.10. The molecule has 1 aromatic carbocycles. The van der Waals surface area contributed by atoms with E-state index in [2.05, 4.69) is 32.6 Å². The van der Waals surface area contributed by atoms with Crippen LogP contribution in [-0.2, 0) is 4.79 Å². The molecular formula is C14H15BrClN3O. The number of nitrogens with one attached hydrogen (secondary N) is 2. The maximum absolute atomic E-state index is 11.9. The van der Waals surface area contributed by atoms with E-state index in [0.717, 1.165) is 30.2 Å². The van der Waals surface area contributed by atoms with E-state index < -0.39 is 5.54 Å². The van der Waals surface area contributed by atoms with Crippen LogP contribution >= 0.6 is 27.5 Å². The zero-order chi connectivity index (χ0) is 14.6. The minimum Gasteiger partial charge on any atom is -0.375 e. The molecule has 0 radical (unpaired) electrons. The molecule has 0 spiro atoms. The Morgan fingerprint density at radius 3 is 2.75 bits per heavy atom. The molecule has 0 unspecified atom stereocenters. The van der Waals surface area contributed by atoms with Crippen molar-refractivity contribution in [1.82, 2.24) is 5.32 Å². The van der Waals surface area contributed by atoms with Gasteiger partial charge in [0, 0.05) is 4.47 Å². The third-order valence-electron chi connectivity index (χ3n) is 3.42. The van der Waals surface area contributed by atoms with Crippen molar-refractivity contribution < 1.29 is 4.79 Å². The molecule has 2 N–H and O–H groups in total. The van der Waals surface area contributed by atoms with Crippen molar-refractivity contribution in [3.63, 3.8) is 0 Å². The molecule has 4 nitrogen and oxygen atoms in total. The van der Waals surface area contributed by atoms with Crippen molar-refractivity contribution in [2.75, 3.05) is 11.9 Å². The molecule has 2 rings (SSSR count). The van der Waals surface area contributed by atoms with Crippen LogP contribution in [0.2, 0.25) is 5.02 Å². The molecule has 0 aliphatic heterocycles. The summed E-state index contributed by atoms with van der Waals surface area (Å²) in [5, 5.41) is 15.6. The third-order valence-corrected chi connectivity index (χ3v) is 4.23. The fourth-order valence-electron chi connectivity index (χ4n) is 2.36. The minimum atomic E-state index is -0.678. The molecule has 106 valence electrons. The van der Waals surface area contributed by atoms with E-state index in [9.17, 15) is 10.1 Å². The number of benzene rings is 1. The molecular weight excluding hydrogens is 342 g/mol. The molecule has 1 amide bonds. The minimum absolute atomic E-state index is 0.102. The Bertz CT molecular complexity index is 550. The molecule has 0 bridgehead atoms. The van der Waals surface area contributed by atoms with Crippen LogP contribution < -0.4 is 10.6 Å². The number of anilines is 1. The van der Waals surface area contributed by atoms with Gasteiger partial charge in [-0.15, -0.1) is 0 Å². The Kier molecular flexibility index (Phi) is 4.90. The summed E-state index contributed by atoms with van der Waals surface area (Å²) in [5.41, 5.74) is 0.0184. The Morgan fingerprint density at radius 2 is 2.15 bits per heavy atom. The van der Waals surface area contributed by atoms with Crippen molar-refractivity contribution in [2.45, 2.75) is 31.2 Å². The van der Waals surface area contributed by atoms with E-state index in [-0.39, 0.29) is 12.5 Å². The number of hydrogen-bond donors (Lipinski definition) is 2. The van der Waals surface area contributed by atoms with Gasteiger partial charge in [-0.2, -0.15) is 5.26 Å². The summed E-state index contributed by atoms with van der Waals surface area (Å²) in [6.07, 6.45) is 3.43. The van der Waals surface area contributed by atoms with Crippen LogP contribution in [0, 0.1) is 11.3 Å². The molecule has 1 aliphatic carbocycles. The first-order valence-corrected chi connectivity index (χ1v) is 7.63. The van der Waals surface area contributed by atoms with Crippen molar-refractivity contribution in [1.29, 1.82) is 5.26 Å². The maximum atomic E-state index is 11.9. The van der Waals surface area contributed by atoms with Gasteiger partial charge in [-0.25, -0.2) is 0 Å². The lowest BCUT2D eigenvalue weighted by atomic mass is 10.00. The van der Waals surface area contributed by atoms with Crippen molar-refractivity contribution in [3.05, 3.63) is 27.7 Å². The van der Waals surface area contributed by atoms with Gasteiger partial charge in [-0.05, 0) is 43.9 Å². The second kappa shape index (κ2) is 6.47. The van der Waals surface area contributed by atoms with Gasteiger partial charge < -0.3 is 10.6 Å². The first kappa shape index (κ1) is 15.1. The molecule has 20 heavy (non-hydrogen) atoms. The molecule has 0 atom stereocenters. The number of rotatable bonds is 4. The molecule has 0 heterocycles. The molecule has 1 fully saturated rings. The van der Waals surface area contributed by atoms with E-state index in [1.165, 1.54) is 0 Å². The number of carbonyl (C=O) groups excluding carboxylic acids is 1. The number of halogens is 2. The van der Waals surface area contributed by atoms with Gasteiger partial charge in [0.2, 0.25) is 5.91 Å². The molecule has 1 saturated carbocycles. The summed E-state index contributed by atoms with van der Waals surface area (Å²) in [5.74, 6) is -0.188. The summed E-state index contributed by atoms with van der Waals surface area (Å²) < 4.78 is 0.881. The largest absolute Gasteiger partial charge is 0.375 e. The van der Waals surface area contributed by atoms with Gasteiger partial charge >= 0.3 is 0 Å². The van der Waals surface area contributed by atoms with Crippen LogP contribution in [0.1, 0.15) is 25.7 Å². The van der Waals surface area contributed by atoms with Gasteiger partial charge in [-0.1, -0.05) is 27.5 Å². The monoisotopic (exact) mass is 355 g/mol. The molecule has 1 aliphatic rings. The van der Waals surface area contributed by atoms with Crippen molar-refractivity contribution in [2.24, 2.45) is 0 Å². The van der Waals surface area contributed by atoms with Gasteiger partial charge in [0.15, 0.2) is 0 Å². The van der Waals surface area contributed by atoms with E-state index in [0.29, 0.717) is 10.7 Å². The van der Waals surface area contributed by atoms with Crippen molar-refractivity contribution >= 4 is 39.1 Å². The standard InChI is InChI=1S/C14H15BrClN3O/c15-10-3-4-12(11(16)7-10)18-8-13(20)19-14(9-17)5-1-2-6-14/h3-4,7,18H,1-2,5-6,8H2,(H,19,20). The maximum Gasteiger partial charge on any atom is 0.240 e. The summed E-state index contributed by atoms with van der Waals surface area (Å²) in [6, 6.07) is 7.64. The Hall–Kier alpha value is -1.25. The lowest BCUT2D eigenvalue weighted by Crippen LogP contribution is -2.47. The summed E-state index contributed by atoms with van der Waals surface area (Å²) in [6.45, 7) is 0.102. The summed E-state index contributed by atoms with van der Waals surface area (Å²) >= 11 is 9.38. The second-order valence-electron chi connectivity index (χ2n) is 4.93. The van der Waals surface area contributed by atoms with Gasteiger partial charge in [-0.3, -0.25) is 4.79 Å². The van der Waals surface area contributed by atoms with Gasteiger partial charge in [0.05, 0.1) is 23.3 Å². The zero-order valence-corrected chi connectivity index (χ0v) is 13.2. The van der Waals surface area contributed by atoms with Gasteiger partial charge in [0.1, 0.15) is 5.54 Å². The van der Waals surface area contributed by atoms with Gasteiger partial charge in [0.25, 0.3) is 0 Å². The van der Waals surface area contributed by atoms with Crippen LogP contribution in [0.4, 0.5) is 5.69 Å². The first-order chi connectivity index (χ1) is 9.54. The topological polar surface area (TPSA) is 64.9 Å². The van der Waals surface area contributed by atoms with E-state index in [1.54, 1.807) is 12.1 Å². The highest BCUT2D eigenvalue weighted by Crippen LogP contribution is 2.29. The van der Waals surface area contributed by atoms with Crippen molar-refractivity contribution in [3.8, 4) is 6.07 Å². The van der Waals surface area contributed by atoms with E-state index in [4.69, 9.17) is 11.6 Å². The lowest BCUT2D eigenvalue weighted by molar-refractivity contribution is -0.120. The number of nitrogens with zero attached hydrogens (tertiary/aromatic N) is 1. The highest BCUT2D eigenvalue weighted by Gasteiger charge is 2.35. The molecule has 0 aromatic heterocycles. The molecule has 0 saturated heterocycles. The number of hydrogen-bond acceptors (Lipinski definition) is 3. The van der Waals surface area contributed by atoms with Crippen LogP contribution in [0.15, 0.2) is 22.7 Å². The van der Waals surface area contributed by atoms with Crippen LogP contribution in [0.5, 0.6) is 0 Å².